The Morgan fingerprint density at radius 1 is 1.29 bits per heavy atom. The maximum atomic E-state index is 12.5. The minimum absolute atomic E-state index is 0.251. The number of fused-ring (bicyclic) bond motifs is 1. The van der Waals surface area contributed by atoms with Gasteiger partial charge in [0.05, 0.1) is 24.6 Å². The van der Waals surface area contributed by atoms with Crippen molar-refractivity contribution in [1.82, 2.24) is 19.4 Å². The quantitative estimate of drug-likeness (QED) is 0.752. The van der Waals surface area contributed by atoms with Gasteiger partial charge in [-0.05, 0) is 50.9 Å². The van der Waals surface area contributed by atoms with Gasteiger partial charge in [0.1, 0.15) is 4.90 Å². The van der Waals surface area contributed by atoms with E-state index in [9.17, 15) is 8.42 Å². The lowest BCUT2D eigenvalue weighted by molar-refractivity contribution is 0.163. The molecule has 1 aromatic carbocycles. The average Bonchev–Trinajstić information content (AvgIpc) is 3.02. The molecule has 3 heterocycles. The van der Waals surface area contributed by atoms with Crippen LogP contribution >= 0.6 is 0 Å². The molecule has 0 saturated carbocycles. The molecule has 1 fully saturated rings. The van der Waals surface area contributed by atoms with Crippen molar-refractivity contribution in [2.24, 2.45) is 5.92 Å². The van der Waals surface area contributed by atoms with Gasteiger partial charge in [-0.15, -0.1) is 6.58 Å². The predicted molar refractivity (Wildman–Crippen MR) is 109 cm³/mol. The molecule has 0 spiro atoms. The van der Waals surface area contributed by atoms with Gasteiger partial charge in [-0.3, -0.25) is 9.58 Å². The summed E-state index contributed by atoms with van der Waals surface area (Å²) in [5, 5.41) is 7.81. The van der Waals surface area contributed by atoms with Crippen LogP contribution < -0.4 is 10.0 Å². The lowest BCUT2D eigenvalue weighted by atomic mass is 9.93. The first-order valence-corrected chi connectivity index (χ1v) is 11.2. The highest BCUT2D eigenvalue weighted by molar-refractivity contribution is 7.89. The lowest BCUT2D eigenvalue weighted by Crippen LogP contribution is -2.51. The van der Waals surface area contributed by atoms with E-state index in [-0.39, 0.29) is 12.1 Å². The van der Waals surface area contributed by atoms with Crippen LogP contribution in [0.25, 0.3) is 0 Å². The second-order valence-electron chi connectivity index (χ2n) is 7.58. The zero-order valence-corrected chi connectivity index (χ0v) is 17.0. The first kappa shape index (κ1) is 19.2. The third-order valence-electron chi connectivity index (χ3n) is 5.77. The van der Waals surface area contributed by atoms with Gasteiger partial charge in [-0.25, -0.2) is 8.42 Å². The van der Waals surface area contributed by atoms with Crippen LogP contribution in [0.1, 0.15) is 24.1 Å². The number of rotatable bonds is 5. The Bertz CT molecular complexity index is 961. The number of sulfonamides is 1. The zero-order chi connectivity index (χ0) is 19.7. The first-order chi connectivity index (χ1) is 13.5. The highest BCUT2D eigenvalue weighted by atomic mass is 32.2. The Balaban J connectivity index is 1.38. The summed E-state index contributed by atoms with van der Waals surface area (Å²) in [6.07, 6.45) is 5.44. The molecule has 2 aromatic rings. The van der Waals surface area contributed by atoms with Crippen molar-refractivity contribution in [1.29, 1.82) is 0 Å². The molecule has 4 rings (SSSR count). The molecule has 0 bridgehead atoms. The van der Waals surface area contributed by atoms with Crippen molar-refractivity contribution >= 4 is 15.7 Å². The fraction of sp³-hybridized carbons (Fsp3) is 0.450. The molecule has 0 aliphatic carbocycles. The van der Waals surface area contributed by atoms with Gasteiger partial charge in [0.15, 0.2) is 0 Å². The molecular formula is C20H27N5O2S. The molecule has 0 amide bonds. The van der Waals surface area contributed by atoms with Gasteiger partial charge in [0.25, 0.3) is 0 Å². The first-order valence-electron chi connectivity index (χ1n) is 9.70. The molecule has 28 heavy (non-hydrogen) atoms. The van der Waals surface area contributed by atoms with Crippen molar-refractivity contribution < 1.29 is 8.42 Å². The Morgan fingerprint density at radius 3 is 2.79 bits per heavy atom. The van der Waals surface area contributed by atoms with E-state index in [1.807, 2.05) is 29.1 Å². The number of piperidine rings is 1. The number of hydrogen-bond donors (Lipinski definition) is 2. The number of nitrogens with zero attached hydrogens (tertiary/aromatic N) is 3. The van der Waals surface area contributed by atoms with Crippen molar-refractivity contribution in [2.75, 3.05) is 18.4 Å². The Morgan fingerprint density at radius 2 is 2.04 bits per heavy atom. The number of anilines is 1. The lowest BCUT2D eigenvalue weighted by Gasteiger charge is -2.38. The van der Waals surface area contributed by atoms with Crippen LogP contribution in [0.2, 0.25) is 0 Å². The number of allylic oxidation sites excluding steroid dienone is 1. The standard InChI is InChI=1S/C20H27N5O2S/c1-3-10-25-15(2)17(13-21-25)14-24-11-8-16(9-12-24)20-22-18-6-4-5-7-19(18)28(26,27)23-20/h3-7,13,16,20,22-23H,1,8-12,14H2,2H3. The van der Waals surface area contributed by atoms with E-state index in [0.717, 1.165) is 39.0 Å². The van der Waals surface area contributed by atoms with E-state index < -0.39 is 10.0 Å². The zero-order valence-electron chi connectivity index (χ0n) is 16.1. The van der Waals surface area contributed by atoms with Crippen LogP contribution in [0.4, 0.5) is 5.69 Å². The molecule has 2 aliphatic rings. The largest absolute Gasteiger partial charge is 0.368 e. The van der Waals surface area contributed by atoms with Crippen LogP contribution in [-0.4, -0.2) is 42.4 Å². The molecule has 2 N–H and O–H groups in total. The van der Waals surface area contributed by atoms with E-state index >= 15 is 0 Å². The Hall–Kier alpha value is -2.16. The van der Waals surface area contributed by atoms with Gasteiger partial charge in [-0.1, -0.05) is 18.2 Å². The highest BCUT2D eigenvalue weighted by Gasteiger charge is 2.35. The monoisotopic (exact) mass is 401 g/mol. The second-order valence-corrected chi connectivity index (χ2v) is 9.26. The fourth-order valence-corrected chi connectivity index (χ4v) is 5.48. The summed E-state index contributed by atoms with van der Waals surface area (Å²) >= 11 is 0. The van der Waals surface area contributed by atoms with E-state index in [4.69, 9.17) is 0 Å². The maximum Gasteiger partial charge on any atom is 0.244 e. The van der Waals surface area contributed by atoms with Crippen LogP contribution in [-0.2, 0) is 23.1 Å². The van der Waals surface area contributed by atoms with Crippen molar-refractivity contribution in [3.8, 4) is 0 Å². The van der Waals surface area contributed by atoms with Crippen molar-refractivity contribution in [3.63, 3.8) is 0 Å². The minimum Gasteiger partial charge on any atom is -0.368 e. The Kier molecular flexibility index (Phi) is 5.27. The van der Waals surface area contributed by atoms with Crippen LogP contribution in [0.15, 0.2) is 48.0 Å². The van der Waals surface area contributed by atoms with Crippen molar-refractivity contribution in [3.05, 3.63) is 54.4 Å². The van der Waals surface area contributed by atoms with E-state index in [0.29, 0.717) is 10.6 Å². The predicted octanol–water partition coefficient (Wildman–Crippen LogP) is 2.32. The molecule has 0 radical (unpaired) electrons. The topological polar surface area (TPSA) is 79.3 Å². The van der Waals surface area contributed by atoms with Gasteiger partial charge < -0.3 is 5.32 Å². The number of nitrogens with one attached hydrogen (secondary N) is 2. The van der Waals surface area contributed by atoms with Gasteiger partial charge in [0, 0.05) is 17.8 Å². The molecule has 1 unspecified atom stereocenters. The van der Waals surface area contributed by atoms with E-state index in [2.05, 4.69) is 33.5 Å². The third-order valence-corrected chi connectivity index (χ3v) is 7.27. The molecule has 1 atom stereocenters. The maximum absolute atomic E-state index is 12.5. The summed E-state index contributed by atoms with van der Waals surface area (Å²) < 4.78 is 29.9. The summed E-state index contributed by atoms with van der Waals surface area (Å²) in [6, 6.07) is 7.08. The molecule has 1 saturated heterocycles. The summed E-state index contributed by atoms with van der Waals surface area (Å²) in [5.41, 5.74) is 3.12. The normalized spacial score (nSPS) is 22.4. The number of para-hydroxylation sites is 1. The molecule has 8 heteroatoms. The molecule has 1 aromatic heterocycles. The molecule has 7 nitrogen and oxygen atoms in total. The number of aromatic nitrogens is 2. The van der Waals surface area contributed by atoms with E-state index in [1.165, 1.54) is 11.3 Å². The number of hydrogen-bond acceptors (Lipinski definition) is 5. The number of benzene rings is 1. The van der Waals surface area contributed by atoms with E-state index in [1.54, 1.807) is 12.1 Å². The van der Waals surface area contributed by atoms with Crippen molar-refractivity contribution in [2.45, 2.75) is 43.9 Å². The second kappa shape index (κ2) is 7.69. The summed E-state index contributed by atoms with van der Waals surface area (Å²) in [5.74, 6) is 0.268. The smallest absolute Gasteiger partial charge is 0.244 e. The van der Waals surface area contributed by atoms with Gasteiger partial charge in [0.2, 0.25) is 10.0 Å². The highest BCUT2D eigenvalue weighted by Crippen LogP contribution is 2.31. The number of likely N-dealkylation sites (tertiary alicyclic amines) is 1. The third kappa shape index (κ3) is 3.72. The summed E-state index contributed by atoms with van der Waals surface area (Å²) in [4.78, 5) is 2.75. The Labute approximate surface area is 166 Å². The van der Waals surface area contributed by atoms with Gasteiger partial charge in [-0.2, -0.15) is 9.82 Å². The molecule has 2 aliphatic heterocycles. The minimum atomic E-state index is -3.46. The molecule has 150 valence electrons. The molecular weight excluding hydrogens is 374 g/mol. The summed E-state index contributed by atoms with van der Waals surface area (Å²) in [7, 11) is -3.46. The summed E-state index contributed by atoms with van der Waals surface area (Å²) in [6.45, 7) is 9.36. The SMILES string of the molecule is C=CCn1ncc(CN2CCC(C3Nc4ccccc4S(=O)(=O)N3)CC2)c1C. The fourth-order valence-electron chi connectivity index (χ4n) is 4.09. The van der Waals surface area contributed by atoms with Crippen LogP contribution in [0.5, 0.6) is 0 Å². The average molecular weight is 402 g/mol. The van der Waals surface area contributed by atoms with Gasteiger partial charge >= 0.3 is 0 Å². The van der Waals surface area contributed by atoms with Crippen LogP contribution in [0, 0.1) is 12.8 Å². The van der Waals surface area contributed by atoms with Crippen LogP contribution in [0.3, 0.4) is 0 Å².